The van der Waals surface area contributed by atoms with E-state index in [-0.39, 0.29) is 29.3 Å². The molecule has 0 spiro atoms. The van der Waals surface area contributed by atoms with Gasteiger partial charge < -0.3 is 10.4 Å². The third kappa shape index (κ3) is 4.39. The number of halogens is 1. The van der Waals surface area contributed by atoms with Gasteiger partial charge >= 0.3 is 0 Å². The predicted octanol–water partition coefficient (Wildman–Crippen LogP) is 4.11. The second-order valence-electron chi connectivity index (χ2n) is 6.14. The van der Waals surface area contributed by atoms with Crippen LogP contribution in [0.5, 0.6) is 0 Å². The van der Waals surface area contributed by atoms with Crippen molar-refractivity contribution in [2.24, 2.45) is 0 Å². The molecule has 3 rings (SSSR count). The highest BCUT2D eigenvalue weighted by Crippen LogP contribution is 2.27. The minimum absolute atomic E-state index is 0.0593. The molecule has 0 aromatic heterocycles. The molecule has 28 heavy (non-hydrogen) atoms. The number of rotatable bonds is 7. The van der Waals surface area contributed by atoms with Crippen molar-refractivity contribution in [3.05, 3.63) is 105 Å². The molecule has 0 radical (unpaired) electrons. The lowest BCUT2D eigenvalue weighted by molar-refractivity contribution is -0.384. The largest absolute Gasteiger partial charge is 0.387 e. The van der Waals surface area contributed by atoms with Gasteiger partial charge in [0.2, 0.25) is 0 Å². The molecule has 142 valence electrons. The van der Waals surface area contributed by atoms with Crippen molar-refractivity contribution in [1.29, 1.82) is 0 Å². The van der Waals surface area contributed by atoms with Crippen LogP contribution in [-0.2, 0) is 0 Å². The Bertz CT molecular complexity index is 1010. The van der Waals surface area contributed by atoms with Crippen molar-refractivity contribution >= 4 is 17.2 Å². The van der Waals surface area contributed by atoms with Crippen LogP contribution in [-0.4, -0.2) is 22.4 Å². The fourth-order valence-electron chi connectivity index (χ4n) is 2.77. The Morgan fingerprint density at radius 3 is 2.46 bits per heavy atom. The van der Waals surface area contributed by atoms with E-state index in [4.69, 9.17) is 0 Å². The number of nitrogens with zero attached hydrogens (tertiary/aromatic N) is 1. The molecular weight excluding hydrogens is 363 g/mol. The Balaban J connectivity index is 1.80. The van der Waals surface area contributed by atoms with Crippen molar-refractivity contribution in [3.63, 3.8) is 0 Å². The maximum absolute atomic E-state index is 13.3. The Hall–Kier alpha value is -3.58. The molecule has 2 N–H and O–H groups in total. The van der Waals surface area contributed by atoms with Crippen LogP contribution in [0.4, 0.5) is 15.8 Å². The van der Waals surface area contributed by atoms with E-state index in [1.54, 1.807) is 36.4 Å². The highest BCUT2D eigenvalue weighted by atomic mass is 19.1. The molecule has 0 saturated heterocycles. The maximum atomic E-state index is 13.3. The molecule has 1 atom stereocenters. The number of ketones is 1. The molecule has 0 amide bonds. The SMILES string of the molecule is O=C(c1ccccc1)c1ccc(NCC(O)c2cccc(F)c2)c([N+](=O)[O-])c1. The molecule has 0 aliphatic heterocycles. The van der Waals surface area contributed by atoms with Gasteiger partial charge in [0.05, 0.1) is 11.0 Å². The van der Waals surface area contributed by atoms with Crippen LogP contribution in [0.25, 0.3) is 0 Å². The van der Waals surface area contributed by atoms with Crippen LogP contribution >= 0.6 is 0 Å². The van der Waals surface area contributed by atoms with Crippen LogP contribution < -0.4 is 5.32 Å². The molecule has 1 unspecified atom stereocenters. The van der Waals surface area contributed by atoms with Crippen LogP contribution in [0.3, 0.4) is 0 Å². The van der Waals surface area contributed by atoms with Gasteiger partial charge in [0.1, 0.15) is 11.5 Å². The number of carbonyl (C=O) groups is 1. The number of aliphatic hydroxyl groups excluding tert-OH is 1. The average Bonchev–Trinajstić information content (AvgIpc) is 2.72. The van der Waals surface area contributed by atoms with E-state index in [9.17, 15) is 24.4 Å². The first-order valence-electron chi connectivity index (χ1n) is 8.51. The summed E-state index contributed by atoms with van der Waals surface area (Å²) in [5, 5.41) is 24.4. The normalized spacial score (nSPS) is 11.6. The number of aliphatic hydroxyl groups is 1. The fourth-order valence-corrected chi connectivity index (χ4v) is 2.77. The Labute approximate surface area is 160 Å². The monoisotopic (exact) mass is 380 g/mol. The lowest BCUT2D eigenvalue weighted by atomic mass is 10.0. The summed E-state index contributed by atoms with van der Waals surface area (Å²) in [7, 11) is 0. The highest BCUT2D eigenvalue weighted by molar-refractivity contribution is 6.09. The van der Waals surface area contributed by atoms with Crippen LogP contribution in [0.2, 0.25) is 0 Å². The van der Waals surface area contributed by atoms with E-state index in [1.807, 2.05) is 0 Å². The van der Waals surface area contributed by atoms with Gasteiger partial charge in [-0.05, 0) is 29.8 Å². The summed E-state index contributed by atoms with van der Waals surface area (Å²) in [5.74, 6) is -0.804. The summed E-state index contributed by atoms with van der Waals surface area (Å²) >= 11 is 0. The Morgan fingerprint density at radius 2 is 1.79 bits per heavy atom. The summed E-state index contributed by atoms with van der Waals surface area (Å²) < 4.78 is 13.3. The predicted molar refractivity (Wildman–Crippen MR) is 103 cm³/mol. The molecule has 3 aromatic rings. The first-order chi connectivity index (χ1) is 13.5. The van der Waals surface area contributed by atoms with Crippen molar-refractivity contribution in [1.82, 2.24) is 0 Å². The summed E-state index contributed by atoms with van der Waals surface area (Å²) in [6, 6.07) is 18.1. The topological polar surface area (TPSA) is 92.5 Å². The smallest absolute Gasteiger partial charge is 0.293 e. The number of carbonyl (C=O) groups excluding carboxylic acids is 1. The zero-order chi connectivity index (χ0) is 20.1. The van der Waals surface area contributed by atoms with Crippen molar-refractivity contribution < 1.29 is 19.2 Å². The van der Waals surface area contributed by atoms with E-state index in [2.05, 4.69) is 5.32 Å². The van der Waals surface area contributed by atoms with Gasteiger partial charge in [-0.1, -0.05) is 42.5 Å². The summed E-state index contributed by atoms with van der Waals surface area (Å²) in [6.45, 7) is -0.0593. The number of nitrogens with one attached hydrogen (secondary N) is 1. The van der Waals surface area contributed by atoms with Crippen LogP contribution in [0.1, 0.15) is 27.6 Å². The lowest BCUT2D eigenvalue weighted by Gasteiger charge is -2.14. The van der Waals surface area contributed by atoms with Gasteiger partial charge in [-0.15, -0.1) is 0 Å². The van der Waals surface area contributed by atoms with Gasteiger partial charge in [-0.25, -0.2) is 4.39 Å². The van der Waals surface area contributed by atoms with E-state index in [0.717, 1.165) is 0 Å². The Morgan fingerprint density at radius 1 is 1.04 bits per heavy atom. The quantitative estimate of drug-likeness (QED) is 0.366. The van der Waals surface area contributed by atoms with E-state index < -0.39 is 16.8 Å². The Kier molecular flexibility index (Phi) is 5.76. The molecule has 0 heterocycles. The van der Waals surface area contributed by atoms with Crippen LogP contribution in [0, 0.1) is 15.9 Å². The van der Waals surface area contributed by atoms with Gasteiger partial charge in [-0.2, -0.15) is 0 Å². The third-order valence-electron chi connectivity index (χ3n) is 4.21. The van der Waals surface area contributed by atoms with Crippen molar-refractivity contribution in [2.75, 3.05) is 11.9 Å². The third-order valence-corrected chi connectivity index (χ3v) is 4.21. The second-order valence-corrected chi connectivity index (χ2v) is 6.14. The molecule has 0 fully saturated rings. The maximum Gasteiger partial charge on any atom is 0.293 e. The number of hydrogen-bond donors (Lipinski definition) is 2. The van der Waals surface area contributed by atoms with Gasteiger partial charge in [0.15, 0.2) is 5.78 Å². The fraction of sp³-hybridized carbons (Fsp3) is 0.0952. The van der Waals surface area contributed by atoms with E-state index in [0.29, 0.717) is 11.1 Å². The number of anilines is 1. The number of hydrogen-bond acceptors (Lipinski definition) is 5. The van der Waals surface area contributed by atoms with E-state index in [1.165, 1.54) is 36.4 Å². The standard InChI is InChI=1S/C21H17FN2O4/c22-17-8-4-7-15(11-17)20(25)13-23-18-10-9-16(12-19(18)24(27)28)21(26)14-5-2-1-3-6-14/h1-12,20,23,25H,13H2. The molecule has 0 saturated carbocycles. The number of nitro benzene ring substituents is 1. The van der Waals surface area contributed by atoms with E-state index >= 15 is 0 Å². The molecule has 6 nitrogen and oxygen atoms in total. The molecule has 0 aliphatic rings. The number of nitro groups is 1. The van der Waals surface area contributed by atoms with Gasteiger partial charge in [0, 0.05) is 23.7 Å². The van der Waals surface area contributed by atoms with Crippen molar-refractivity contribution in [2.45, 2.75) is 6.10 Å². The molecule has 7 heteroatoms. The summed E-state index contributed by atoms with van der Waals surface area (Å²) in [5.41, 5.74) is 0.845. The summed E-state index contributed by atoms with van der Waals surface area (Å²) in [4.78, 5) is 23.3. The molecular formula is C21H17FN2O4. The molecule has 0 aliphatic carbocycles. The van der Waals surface area contributed by atoms with Gasteiger partial charge in [-0.3, -0.25) is 14.9 Å². The zero-order valence-electron chi connectivity index (χ0n) is 14.7. The average molecular weight is 380 g/mol. The summed E-state index contributed by atoms with van der Waals surface area (Å²) in [6.07, 6.45) is -1.05. The second kappa shape index (κ2) is 8.41. The minimum atomic E-state index is -1.05. The van der Waals surface area contributed by atoms with Gasteiger partial charge in [0.25, 0.3) is 5.69 Å². The first-order valence-corrected chi connectivity index (χ1v) is 8.51. The number of benzene rings is 3. The minimum Gasteiger partial charge on any atom is -0.387 e. The molecule has 3 aromatic carbocycles. The zero-order valence-corrected chi connectivity index (χ0v) is 14.7. The lowest BCUT2D eigenvalue weighted by Crippen LogP contribution is -2.13. The first kappa shape index (κ1) is 19.2. The van der Waals surface area contributed by atoms with Crippen molar-refractivity contribution in [3.8, 4) is 0 Å². The highest BCUT2D eigenvalue weighted by Gasteiger charge is 2.19. The molecule has 0 bridgehead atoms. The van der Waals surface area contributed by atoms with Crippen LogP contribution in [0.15, 0.2) is 72.8 Å².